The van der Waals surface area contributed by atoms with Crippen LogP contribution in [-0.2, 0) is 4.74 Å². The van der Waals surface area contributed by atoms with E-state index in [0.29, 0.717) is 30.8 Å². The van der Waals surface area contributed by atoms with E-state index in [1.54, 1.807) is 4.57 Å². The Kier molecular flexibility index (Phi) is 5.02. The Balaban J connectivity index is 1.72. The van der Waals surface area contributed by atoms with Crippen molar-refractivity contribution in [1.29, 1.82) is 0 Å². The van der Waals surface area contributed by atoms with Crippen LogP contribution in [0.15, 0.2) is 24.8 Å². The van der Waals surface area contributed by atoms with Gasteiger partial charge in [0.05, 0.1) is 6.33 Å². The van der Waals surface area contributed by atoms with Gasteiger partial charge in [-0.15, -0.1) is 0 Å². The van der Waals surface area contributed by atoms with Crippen LogP contribution in [0.1, 0.15) is 6.23 Å². The van der Waals surface area contributed by atoms with E-state index in [-0.39, 0.29) is 5.82 Å². The lowest BCUT2D eigenvalue weighted by atomic mass is 10.1. The Labute approximate surface area is 138 Å². The number of anilines is 1. The molecule has 1 saturated heterocycles. The van der Waals surface area contributed by atoms with E-state index in [9.17, 15) is 10.2 Å². The normalized spacial score (nSPS) is 27.5. The predicted molar refractivity (Wildman–Crippen MR) is 86.7 cm³/mol. The van der Waals surface area contributed by atoms with Crippen LogP contribution in [0.25, 0.3) is 11.2 Å². The number of aliphatic hydroxyl groups is 2. The minimum atomic E-state index is -1.11. The van der Waals surface area contributed by atoms with Gasteiger partial charge in [0.1, 0.15) is 30.2 Å². The minimum absolute atomic E-state index is 0.247. The van der Waals surface area contributed by atoms with Crippen LogP contribution in [-0.4, -0.2) is 67.7 Å². The lowest BCUT2D eigenvalue weighted by molar-refractivity contribution is -0.0339. The van der Waals surface area contributed by atoms with E-state index in [1.165, 1.54) is 12.7 Å². The van der Waals surface area contributed by atoms with Crippen molar-refractivity contribution < 1.29 is 14.9 Å². The molecular formula is C14H21N7O3. The molecule has 130 valence electrons. The average Bonchev–Trinajstić information content (AvgIpc) is 3.12. The molecule has 0 saturated carbocycles. The number of aromatic nitrogens is 4. The number of nitrogen functional groups attached to an aromatic ring is 1. The van der Waals surface area contributed by atoms with Gasteiger partial charge in [0.25, 0.3) is 0 Å². The second kappa shape index (κ2) is 7.20. The van der Waals surface area contributed by atoms with Gasteiger partial charge in [0.2, 0.25) is 0 Å². The number of nitrogens with two attached hydrogens (primary N) is 2. The summed E-state index contributed by atoms with van der Waals surface area (Å²) in [6.45, 7) is 1.46. The van der Waals surface area contributed by atoms with Crippen molar-refractivity contribution >= 4 is 17.0 Å². The number of hydrogen-bond acceptors (Lipinski definition) is 9. The minimum Gasteiger partial charge on any atom is -0.387 e. The highest BCUT2D eigenvalue weighted by atomic mass is 16.6. The van der Waals surface area contributed by atoms with E-state index >= 15 is 0 Å². The van der Waals surface area contributed by atoms with Crippen molar-refractivity contribution in [3.63, 3.8) is 0 Å². The summed E-state index contributed by atoms with van der Waals surface area (Å²) >= 11 is 0. The van der Waals surface area contributed by atoms with Gasteiger partial charge in [-0.05, 0) is 0 Å². The summed E-state index contributed by atoms with van der Waals surface area (Å²) in [7, 11) is 0. The van der Waals surface area contributed by atoms with Gasteiger partial charge in [-0.3, -0.25) is 4.57 Å². The molecule has 2 aromatic heterocycles. The van der Waals surface area contributed by atoms with Gasteiger partial charge in [-0.1, -0.05) is 12.2 Å². The maximum Gasteiger partial charge on any atom is 0.167 e. The smallest absolute Gasteiger partial charge is 0.167 e. The number of ether oxygens (including phenoxy) is 1. The average molecular weight is 335 g/mol. The Morgan fingerprint density at radius 1 is 1.25 bits per heavy atom. The fourth-order valence-corrected chi connectivity index (χ4v) is 2.67. The molecule has 1 aliphatic rings. The molecule has 0 aliphatic carbocycles. The van der Waals surface area contributed by atoms with Gasteiger partial charge >= 0.3 is 0 Å². The molecule has 0 amide bonds. The summed E-state index contributed by atoms with van der Waals surface area (Å²) in [6, 6.07) is 0. The zero-order valence-electron chi connectivity index (χ0n) is 13.0. The molecule has 7 N–H and O–H groups in total. The summed E-state index contributed by atoms with van der Waals surface area (Å²) in [4.78, 5) is 12.1. The molecule has 0 spiro atoms. The fourth-order valence-electron chi connectivity index (χ4n) is 2.67. The third-order valence-electron chi connectivity index (χ3n) is 3.91. The van der Waals surface area contributed by atoms with Crippen LogP contribution in [0.4, 0.5) is 5.82 Å². The summed E-state index contributed by atoms with van der Waals surface area (Å²) in [6.07, 6.45) is 3.00. The standard InChI is InChI=1S/C14H21N7O3/c15-3-1-2-4-17-5-8-10(22)11(23)14(24-8)21-7-20-9-12(16)18-6-19-13(9)21/h1-2,6-8,10-11,14,17,22-23H,3-5,15H2,(H2,16,18,19)/b2-1-/t8-,10?,11?,14-/m1/s1. The Hall–Kier alpha value is -2.11. The van der Waals surface area contributed by atoms with E-state index in [1.807, 2.05) is 12.2 Å². The van der Waals surface area contributed by atoms with Crippen molar-refractivity contribution in [1.82, 2.24) is 24.8 Å². The van der Waals surface area contributed by atoms with Crippen molar-refractivity contribution in [2.24, 2.45) is 5.73 Å². The first kappa shape index (κ1) is 16.7. The number of imidazole rings is 1. The molecule has 10 heteroatoms. The first-order valence-electron chi connectivity index (χ1n) is 7.64. The van der Waals surface area contributed by atoms with Crippen LogP contribution in [0.5, 0.6) is 0 Å². The van der Waals surface area contributed by atoms with Gasteiger partial charge in [-0.25, -0.2) is 15.0 Å². The molecule has 2 unspecified atom stereocenters. The maximum absolute atomic E-state index is 10.3. The number of hydrogen-bond donors (Lipinski definition) is 5. The number of nitrogens with one attached hydrogen (secondary N) is 1. The lowest BCUT2D eigenvalue weighted by Crippen LogP contribution is -2.37. The van der Waals surface area contributed by atoms with Crippen LogP contribution < -0.4 is 16.8 Å². The Morgan fingerprint density at radius 2 is 2.08 bits per heavy atom. The largest absolute Gasteiger partial charge is 0.387 e. The predicted octanol–water partition coefficient (Wildman–Crippen LogP) is -1.87. The van der Waals surface area contributed by atoms with Crippen LogP contribution in [0.2, 0.25) is 0 Å². The van der Waals surface area contributed by atoms with Crippen LogP contribution >= 0.6 is 0 Å². The van der Waals surface area contributed by atoms with Crippen molar-refractivity contribution in [2.45, 2.75) is 24.5 Å². The molecule has 4 atom stereocenters. The zero-order valence-corrected chi connectivity index (χ0v) is 13.0. The number of aliphatic hydroxyl groups excluding tert-OH is 2. The van der Waals surface area contributed by atoms with Gasteiger partial charge in [-0.2, -0.15) is 0 Å². The molecule has 0 bridgehead atoms. The molecule has 3 rings (SSSR count). The monoisotopic (exact) mass is 335 g/mol. The first-order chi connectivity index (χ1) is 11.6. The van der Waals surface area contributed by atoms with Crippen molar-refractivity contribution in [2.75, 3.05) is 25.4 Å². The molecule has 0 radical (unpaired) electrons. The van der Waals surface area contributed by atoms with Crippen molar-refractivity contribution in [3.8, 4) is 0 Å². The highest BCUT2D eigenvalue weighted by molar-refractivity contribution is 5.81. The van der Waals surface area contributed by atoms with E-state index in [4.69, 9.17) is 16.2 Å². The van der Waals surface area contributed by atoms with Crippen LogP contribution in [0.3, 0.4) is 0 Å². The highest BCUT2D eigenvalue weighted by Crippen LogP contribution is 2.31. The summed E-state index contributed by atoms with van der Waals surface area (Å²) in [5, 5.41) is 23.6. The molecule has 1 fully saturated rings. The zero-order chi connectivity index (χ0) is 17.1. The third kappa shape index (κ3) is 3.09. The maximum atomic E-state index is 10.3. The van der Waals surface area contributed by atoms with E-state index < -0.39 is 24.5 Å². The van der Waals surface area contributed by atoms with Gasteiger partial charge in [0.15, 0.2) is 17.7 Å². The van der Waals surface area contributed by atoms with E-state index in [0.717, 1.165) is 0 Å². The van der Waals surface area contributed by atoms with Crippen molar-refractivity contribution in [3.05, 3.63) is 24.8 Å². The van der Waals surface area contributed by atoms with Crippen LogP contribution in [0, 0.1) is 0 Å². The molecule has 3 heterocycles. The molecule has 24 heavy (non-hydrogen) atoms. The number of fused-ring (bicyclic) bond motifs is 1. The molecule has 10 nitrogen and oxygen atoms in total. The quantitative estimate of drug-likeness (QED) is 0.301. The lowest BCUT2D eigenvalue weighted by Gasteiger charge is -2.16. The van der Waals surface area contributed by atoms with Gasteiger partial charge in [0, 0.05) is 19.6 Å². The molecule has 2 aromatic rings. The summed E-state index contributed by atoms with van der Waals surface area (Å²) in [5.74, 6) is 0.247. The fraction of sp³-hybridized carbons (Fsp3) is 0.500. The Bertz CT molecular complexity index is 719. The first-order valence-corrected chi connectivity index (χ1v) is 7.64. The summed E-state index contributed by atoms with van der Waals surface area (Å²) in [5.41, 5.74) is 12.0. The number of nitrogens with zero attached hydrogens (tertiary/aromatic N) is 4. The third-order valence-corrected chi connectivity index (χ3v) is 3.91. The molecule has 0 aromatic carbocycles. The second-order valence-corrected chi connectivity index (χ2v) is 5.49. The molecule has 1 aliphatic heterocycles. The number of rotatable bonds is 6. The van der Waals surface area contributed by atoms with E-state index in [2.05, 4.69) is 20.3 Å². The van der Waals surface area contributed by atoms with Gasteiger partial charge < -0.3 is 31.7 Å². The highest BCUT2D eigenvalue weighted by Gasteiger charge is 2.44. The second-order valence-electron chi connectivity index (χ2n) is 5.49. The molecular weight excluding hydrogens is 314 g/mol. The SMILES string of the molecule is NC/C=C\CNC[C@H]1O[C@@H](n2cnc3c(N)ncnc32)C(O)C1O. The Morgan fingerprint density at radius 3 is 2.88 bits per heavy atom. The topological polar surface area (TPSA) is 157 Å². The summed E-state index contributed by atoms with van der Waals surface area (Å²) < 4.78 is 7.35.